The summed E-state index contributed by atoms with van der Waals surface area (Å²) in [5, 5.41) is 13.5. The first kappa shape index (κ1) is 20.0. The molecule has 2 unspecified atom stereocenters. The standard InChI is InChI=1S/C20H24FN5O2S/c1-3-5-17-22-19(28-25-17)13(2)29-20-24-23-18(14-7-9-15(21)10-8-14)26(20)12-16-6-4-11-27-16/h7-10,13,16H,3-6,11-12H2,1-2H3. The molecule has 1 aliphatic heterocycles. The fourth-order valence-electron chi connectivity index (χ4n) is 3.31. The molecule has 2 atom stereocenters. The third kappa shape index (κ3) is 4.67. The van der Waals surface area contributed by atoms with Gasteiger partial charge >= 0.3 is 0 Å². The van der Waals surface area contributed by atoms with Crippen molar-refractivity contribution >= 4 is 11.8 Å². The molecule has 9 heteroatoms. The summed E-state index contributed by atoms with van der Waals surface area (Å²) < 4.78 is 26.7. The van der Waals surface area contributed by atoms with Crippen LogP contribution in [0.15, 0.2) is 33.9 Å². The predicted octanol–water partition coefficient (Wildman–Crippen LogP) is 4.45. The van der Waals surface area contributed by atoms with Gasteiger partial charge in [0.15, 0.2) is 16.8 Å². The predicted molar refractivity (Wildman–Crippen MR) is 107 cm³/mol. The van der Waals surface area contributed by atoms with E-state index in [-0.39, 0.29) is 17.2 Å². The number of benzene rings is 1. The van der Waals surface area contributed by atoms with Crippen LogP contribution in [0, 0.1) is 5.82 Å². The summed E-state index contributed by atoms with van der Waals surface area (Å²) in [5.41, 5.74) is 0.819. The highest BCUT2D eigenvalue weighted by molar-refractivity contribution is 7.99. The van der Waals surface area contributed by atoms with Crippen LogP contribution in [0.2, 0.25) is 0 Å². The van der Waals surface area contributed by atoms with E-state index in [1.54, 1.807) is 12.1 Å². The van der Waals surface area contributed by atoms with Crippen molar-refractivity contribution in [1.82, 2.24) is 24.9 Å². The number of thioether (sulfide) groups is 1. The van der Waals surface area contributed by atoms with Gasteiger partial charge in [-0.2, -0.15) is 4.98 Å². The first-order valence-corrected chi connectivity index (χ1v) is 10.8. The number of ether oxygens (including phenoxy) is 1. The van der Waals surface area contributed by atoms with Crippen molar-refractivity contribution < 1.29 is 13.7 Å². The lowest BCUT2D eigenvalue weighted by Crippen LogP contribution is -2.16. The Kier molecular flexibility index (Phi) is 6.25. The molecular weight excluding hydrogens is 393 g/mol. The van der Waals surface area contributed by atoms with E-state index in [0.717, 1.165) is 48.8 Å². The fraction of sp³-hybridized carbons (Fsp3) is 0.500. The lowest BCUT2D eigenvalue weighted by molar-refractivity contribution is 0.0953. The van der Waals surface area contributed by atoms with E-state index in [4.69, 9.17) is 9.26 Å². The first-order chi connectivity index (χ1) is 14.1. The first-order valence-electron chi connectivity index (χ1n) is 9.94. The van der Waals surface area contributed by atoms with Crippen molar-refractivity contribution in [3.8, 4) is 11.4 Å². The highest BCUT2D eigenvalue weighted by atomic mass is 32.2. The van der Waals surface area contributed by atoms with Crippen LogP contribution in [0.3, 0.4) is 0 Å². The highest BCUT2D eigenvalue weighted by Gasteiger charge is 2.24. The lowest BCUT2D eigenvalue weighted by atomic mass is 10.2. The molecule has 0 radical (unpaired) electrons. The molecule has 4 rings (SSSR count). The van der Waals surface area contributed by atoms with E-state index in [2.05, 4.69) is 27.3 Å². The quantitative estimate of drug-likeness (QED) is 0.501. The molecule has 1 aliphatic rings. The summed E-state index contributed by atoms with van der Waals surface area (Å²) in [7, 11) is 0. The monoisotopic (exact) mass is 417 g/mol. The van der Waals surface area contributed by atoms with Crippen LogP contribution < -0.4 is 0 Å². The van der Waals surface area contributed by atoms with E-state index in [9.17, 15) is 4.39 Å². The molecule has 154 valence electrons. The maximum absolute atomic E-state index is 13.4. The molecule has 3 heterocycles. The van der Waals surface area contributed by atoms with Crippen LogP contribution in [0.25, 0.3) is 11.4 Å². The maximum Gasteiger partial charge on any atom is 0.239 e. The number of halogens is 1. The van der Waals surface area contributed by atoms with Crippen molar-refractivity contribution in [1.29, 1.82) is 0 Å². The second-order valence-corrected chi connectivity index (χ2v) is 8.43. The lowest BCUT2D eigenvalue weighted by Gasteiger charge is -2.15. The van der Waals surface area contributed by atoms with Crippen molar-refractivity contribution in [2.45, 2.75) is 62.6 Å². The van der Waals surface area contributed by atoms with Gasteiger partial charge in [0.25, 0.3) is 0 Å². The largest absolute Gasteiger partial charge is 0.376 e. The molecule has 0 saturated carbocycles. The van der Waals surface area contributed by atoms with Gasteiger partial charge in [0.2, 0.25) is 5.89 Å². The molecule has 0 bridgehead atoms. The molecule has 0 aliphatic carbocycles. The van der Waals surface area contributed by atoms with Gasteiger partial charge in [-0.05, 0) is 50.5 Å². The zero-order valence-corrected chi connectivity index (χ0v) is 17.4. The smallest absolute Gasteiger partial charge is 0.239 e. The molecule has 1 aromatic carbocycles. The van der Waals surface area contributed by atoms with E-state index in [0.29, 0.717) is 18.3 Å². The Balaban J connectivity index is 1.60. The number of hydrogen-bond donors (Lipinski definition) is 0. The number of nitrogens with zero attached hydrogens (tertiary/aromatic N) is 5. The van der Waals surface area contributed by atoms with Gasteiger partial charge in [-0.25, -0.2) is 4.39 Å². The zero-order valence-electron chi connectivity index (χ0n) is 16.5. The number of hydrogen-bond acceptors (Lipinski definition) is 7. The Morgan fingerprint density at radius 3 is 2.83 bits per heavy atom. The Bertz CT molecular complexity index is 937. The Hall–Kier alpha value is -2.26. The zero-order chi connectivity index (χ0) is 20.2. The van der Waals surface area contributed by atoms with Gasteiger partial charge in [-0.3, -0.25) is 4.57 Å². The average Bonchev–Trinajstić information content (AvgIpc) is 3.46. The molecule has 1 saturated heterocycles. The van der Waals surface area contributed by atoms with Crippen LogP contribution in [-0.4, -0.2) is 37.6 Å². The van der Waals surface area contributed by atoms with Crippen LogP contribution in [0.1, 0.15) is 50.1 Å². The average molecular weight is 418 g/mol. The van der Waals surface area contributed by atoms with Gasteiger partial charge in [-0.15, -0.1) is 10.2 Å². The summed E-state index contributed by atoms with van der Waals surface area (Å²) in [5.74, 6) is 1.73. The summed E-state index contributed by atoms with van der Waals surface area (Å²) in [6.45, 7) is 5.52. The second kappa shape index (κ2) is 9.04. The molecule has 0 spiro atoms. The van der Waals surface area contributed by atoms with Crippen molar-refractivity contribution in [2.75, 3.05) is 6.61 Å². The van der Waals surface area contributed by atoms with Gasteiger partial charge in [0.05, 0.1) is 17.9 Å². The van der Waals surface area contributed by atoms with Gasteiger partial charge in [-0.1, -0.05) is 23.8 Å². The third-order valence-corrected chi connectivity index (χ3v) is 5.88. The van der Waals surface area contributed by atoms with Crippen LogP contribution in [0.4, 0.5) is 4.39 Å². The molecule has 29 heavy (non-hydrogen) atoms. The minimum absolute atomic E-state index is 0.0679. The van der Waals surface area contributed by atoms with Crippen molar-refractivity contribution in [3.05, 3.63) is 41.8 Å². The van der Waals surface area contributed by atoms with Gasteiger partial charge in [0, 0.05) is 18.6 Å². The highest BCUT2D eigenvalue weighted by Crippen LogP contribution is 2.35. The number of rotatable bonds is 8. The van der Waals surface area contributed by atoms with E-state index in [1.807, 2.05) is 11.5 Å². The normalized spacial score (nSPS) is 17.7. The Morgan fingerprint density at radius 1 is 1.28 bits per heavy atom. The van der Waals surface area contributed by atoms with Gasteiger partial charge in [0.1, 0.15) is 5.82 Å². The van der Waals surface area contributed by atoms with E-state index in [1.165, 1.54) is 23.9 Å². The molecule has 2 aromatic heterocycles. The number of aryl methyl sites for hydroxylation is 1. The maximum atomic E-state index is 13.4. The molecule has 7 nitrogen and oxygen atoms in total. The Labute approximate surface area is 173 Å². The van der Waals surface area contributed by atoms with E-state index >= 15 is 0 Å². The summed E-state index contributed by atoms with van der Waals surface area (Å²) in [4.78, 5) is 4.48. The molecule has 1 fully saturated rings. The minimum Gasteiger partial charge on any atom is -0.376 e. The summed E-state index contributed by atoms with van der Waals surface area (Å²) >= 11 is 1.52. The molecule has 0 amide bonds. The number of aromatic nitrogens is 5. The third-order valence-electron chi connectivity index (χ3n) is 4.82. The van der Waals surface area contributed by atoms with Crippen LogP contribution in [0.5, 0.6) is 0 Å². The SMILES string of the molecule is CCCc1noc(C(C)Sc2nnc(-c3ccc(F)cc3)n2CC2CCCO2)n1. The molecule has 0 N–H and O–H groups in total. The minimum atomic E-state index is -0.276. The van der Waals surface area contributed by atoms with E-state index < -0.39 is 0 Å². The summed E-state index contributed by atoms with van der Waals surface area (Å²) in [6.07, 6.45) is 3.95. The van der Waals surface area contributed by atoms with Crippen molar-refractivity contribution in [2.24, 2.45) is 0 Å². The molecular formula is C20H24FN5O2S. The molecule has 3 aromatic rings. The van der Waals surface area contributed by atoms with Gasteiger partial charge < -0.3 is 9.26 Å². The Morgan fingerprint density at radius 2 is 2.10 bits per heavy atom. The van der Waals surface area contributed by atoms with Crippen LogP contribution in [-0.2, 0) is 17.7 Å². The van der Waals surface area contributed by atoms with Crippen molar-refractivity contribution in [3.63, 3.8) is 0 Å². The topological polar surface area (TPSA) is 78.9 Å². The van der Waals surface area contributed by atoms with Crippen LogP contribution >= 0.6 is 11.8 Å². The fourth-order valence-corrected chi connectivity index (χ4v) is 4.20. The second-order valence-electron chi connectivity index (χ2n) is 7.12. The summed E-state index contributed by atoms with van der Waals surface area (Å²) in [6, 6.07) is 6.31.